The number of ether oxygens (including phenoxy) is 1. The highest BCUT2D eigenvalue weighted by molar-refractivity contribution is 6.04. The third kappa shape index (κ3) is 5.02. The molecule has 1 saturated heterocycles. The van der Waals surface area contributed by atoms with Gasteiger partial charge in [-0.1, -0.05) is 0 Å². The van der Waals surface area contributed by atoms with E-state index in [-0.39, 0.29) is 18.0 Å². The third-order valence-electron chi connectivity index (χ3n) is 3.86. The van der Waals surface area contributed by atoms with Crippen molar-refractivity contribution in [1.82, 2.24) is 10.3 Å². The number of carbonyl (C=O) groups is 2. The van der Waals surface area contributed by atoms with Crippen LogP contribution in [0.4, 0.5) is 16.2 Å². The smallest absolute Gasteiger partial charge is 0.319 e. The largest absolute Gasteiger partial charge is 0.376 e. The Labute approximate surface area is 145 Å². The number of benzene rings is 1. The summed E-state index contributed by atoms with van der Waals surface area (Å²) in [6.07, 6.45) is 5.26. The molecule has 1 unspecified atom stereocenters. The maximum absolute atomic E-state index is 12.1. The van der Waals surface area contributed by atoms with Crippen LogP contribution in [0.2, 0.25) is 0 Å². The number of hydrogen-bond donors (Lipinski definition) is 3. The van der Waals surface area contributed by atoms with E-state index in [1.54, 1.807) is 48.8 Å². The number of amides is 3. The van der Waals surface area contributed by atoms with Crippen LogP contribution >= 0.6 is 0 Å². The summed E-state index contributed by atoms with van der Waals surface area (Å²) in [6.45, 7) is 1.27. The molecule has 0 bridgehead atoms. The highest BCUT2D eigenvalue weighted by atomic mass is 16.5. The van der Waals surface area contributed by atoms with Crippen molar-refractivity contribution in [3.05, 3.63) is 54.4 Å². The van der Waals surface area contributed by atoms with Crippen molar-refractivity contribution in [3.63, 3.8) is 0 Å². The van der Waals surface area contributed by atoms with Crippen LogP contribution < -0.4 is 16.0 Å². The highest BCUT2D eigenvalue weighted by Gasteiger charge is 2.16. The Balaban J connectivity index is 1.48. The number of nitrogens with one attached hydrogen (secondary N) is 3. The van der Waals surface area contributed by atoms with E-state index in [0.717, 1.165) is 19.4 Å². The van der Waals surface area contributed by atoms with Gasteiger partial charge in [0.1, 0.15) is 0 Å². The third-order valence-corrected chi connectivity index (χ3v) is 3.86. The molecule has 1 aliphatic heterocycles. The van der Waals surface area contributed by atoms with E-state index in [1.165, 1.54) is 0 Å². The summed E-state index contributed by atoms with van der Waals surface area (Å²) in [6, 6.07) is 9.93. The van der Waals surface area contributed by atoms with Gasteiger partial charge in [0.25, 0.3) is 5.91 Å². The molecule has 0 aliphatic carbocycles. The van der Waals surface area contributed by atoms with Gasteiger partial charge in [0.05, 0.1) is 6.10 Å². The molecule has 0 saturated carbocycles. The molecule has 3 N–H and O–H groups in total. The van der Waals surface area contributed by atoms with Crippen LogP contribution in [0, 0.1) is 0 Å². The topological polar surface area (TPSA) is 92.4 Å². The lowest BCUT2D eigenvalue weighted by Gasteiger charge is -2.12. The molecule has 2 aromatic rings. The molecule has 1 aliphatic rings. The summed E-state index contributed by atoms with van der Waals surface area (Å²) in [7, 11) is 0. The summed E-state index contributed by atoms with van der Waals surface area (Å²) in [5.74, 6) is -0.211. The van der Waals surface area contributed by atoms with Crippen molar-refractivity contribution in [1.29, 1.82) is 0 Å². The second-order valence-corrected chi connectivity index (χ2v) is 5.74. The van der Waals surface area contributed by atoms with Gasteiger partial charge in [-0.2, -0.15) is 0 Å². The van der Waals surface area contributed by atoms with Gasteiger partial charge in [-0.05, 0) is 49.2 Å². The van der Waals surface area contributed by atoms with Crippen LogP contribution in [0.1, 0.15) is 23.2 Å². The molecular weight excluding hydrogens is 320 g/mol. The van der Waals surface area contributed by atoms with Crippen LogP contribution in [-0.2, 0) is 4.74 Å². The quantitative estimate of drug-likeness (QED) is 0.780. The van der Waals surface area contributed by atoms with Crippen LogP contribution in [0.25, 0.3) is 0 Å². The molecule has 130 valence electrons. The van der Waals surface area contributed by atoms with Crippen molar-refractivity contribution in [2.75, 3.05) is 23.8 Å². The first-order valence-electron chi connectivity index (χ1n) is 8.18. The fourth-order valence-corrected chi connectivity index (χ4v) is 2.53. The molecule has 1 atom stereocenters. The molecule has 7 nitrogen and oxygen atoms in total. The molecule has 7 heteroatoms. The number of urea groups is 1. The normalized spacial score (nSPS) is 16.2. The second-order valence-electron chi connectivity index (χ2n) is 5.74. The molecule has 1 fully saturated rings. The zero-order chi connectivity index (χ0) is 17.5. The van der Waals surface area contributed by atoms with Gasteiger partial charge in [-0.25, -0.2) is 4.79 Å². The number of carbonyl (C=O) groups excluding carboxylic acids is 2. The number of aromatic nitrogens is 1. The first kappa shape index (κ1) is 16.9. The zero-order valence-electron chi connectivity index (χ0n) is 13.7. The monoisotopic (exact) mass is 340 g/mol. The van der Waals surface area contributed by atoms with E-state index in [2.05, 4.69) is 20.9 Å². The lowest BCUT2D eigenvalue weighted by Crippen LogP contribution is -2.35. The second kappa shape index (κ2) is 8.25. The van der Waals surface area contributed by atoms with Crippen molar-refractivity contribution >= 4 is 23.3 Å². The SMILES string of the molecule is O=C(NCC1CCCO1)Nc1ccc(NC(=O)c2ccncc2)cc1. The maximum atomic E-state index is 12.1. The van der Waals surface area contributed by atoms with Crippen LogP contribution in [-0.4, -0.2) is 36.2 Å². The molecule has 3 rings (SSSR count). The standard InChI is InChI=1S/C18H20N4O3/c23-17(13-7-9-19-10-8-13)21-14-3-5-15(6-4-14)22-18(24)20-12-16-2-1-11-25-16/h3-10,16H,1-2,11-12H2,(H,21,23)(H2,20,22,24). The van der Waals surface area contributed by atoms with Crippen LogP contribution in [0.5, 0.6) is 0 Å². The van der Waals surface area contributed by atoms with Crippen LogP contribution in [0.3, 0.4) is 0 Å². The Kier molecular flexibility index (Phi) is 5.58. The van der Waals surface area contributed by atoms with Crippen molar-refractivity contribution in [2.45, 2.75) is 18.9 Å². The number of anilines is 2. The van der Waals surface area contributed by atoms with Gasteiger partial charge in [0.15, 0.2) is 0 Å². The van der Waals surface area contributed by atoms with Gasteiger partial charge in [0.2, 0.25) is 0 Å². The van der Waals surface area contributed by atoms with Crippen molar-refractivity contribution in [2.24, 2.45) is 0 Å². The number of rotatable bonds is 5. The number of pyridine rings is 1. The van der Waals surface area contributed by atoms with Crippen LogP contribution in [0.15, 0.2) is 48.8 Å². The molecule has 25 heavy (non-hydrogen) atoms. The minimum Gasteiger partial charge on any atom is -0.376 e. The van der Waals surface area contributed by atoms with Gasteiger partial charge < -0.3 is 20.7 Å². The summed E-state index contributed by atoms with van der Waals surface area (Å²) in [5, 5.41) is 8.33. The lowest BCUT2D eigenvalue weighted by atomic mass is 10.2. The van der Waals surface area contributed by atoms with Gasteiger partial charge in [-0.15, -0.1) is 0 Å². The van der Waals surface area contributed by atoms with Gasteiger partial charge in [0, 0.05) is 42.5 Å². The Morgan fingerprint density at radius 3 is 2.36 bits per heavy atom. The van der Waals surface area contributed by atoms with E-state index in [4.69, 9.17) is 4.74 Å². The van der Waals surface area contributed by atoms with E-state index in [0.29, 0.717) is 23.5 Å². The highest BCUT2D eigenvalue weighted by Crippen LogP contribution is 2.15. The fourth-order valence-electron chi connectivity index (χ4n) is 2.53. The minimum absolute atomic E-state index is 0.108. The summed E-state index contributed by atoms with van der Waals surface area (Å²) >= 11 is 0. The Hall–Kier alpha value is -2.93. The molecule has 0 radical (unpaired) electrons. The average molecular weight is 340 g/mol. The van der Waals surface area contributed by atoms with E-state index in [9.17, 15) is 9.59 Å². The summed E-state index contributed by atoms with van der Waals surface area (Å²) in [4.78, 5) is 27.8. The molecule has 3 amide bonds. The van der Waals surface area contributed by atoms with E-state index in [1.807, 2.05) is 0 Å². The van der Waals surface area contributed by atoms with Crippen molar-refractivity contribution in [3.8, 4) is 0 Å². The molecule has 0 spiro atoms. The Morgan fingerprint density at radius 1 is 1.04 bits per heavy atom. The fraction of sp³-hybridized carbons (Fsp3) is 0.278. The predicted octanol–water partition coefficient (Wildman–Crippen LogP) is 2.63. The minimum atomic E-state index is -0.274. The average Bonchev–Trinajstić information content (AvgIpc) is 3.16. The van der Waals surface area contributed by atoms with Crippen molar-refractivity contribution < 1.29 is 14.3 Å². The molecule has 2 heterocycles. The van der Waals surface area contributed by atoms with E-state index < -0.39 is 0 Å². The first-order valence-corrected chi connectivity index (χ1v) is 8.18. The maximum Gasteiger partial charge on any atom is 0.319 e. The molecule has 1 aromatic carbocycles. The summed E-state index contributed by atoms with van der Waals surface area (Å²) < 4.78 is 5.46. The lowest BCUT2D eigenvalue weighted by molar-refractivity contribution is 0.102. The van der Waals surface area contributed by atoms with Gasteiger partial charge in [-0.3, -0.25) is 9.78 Å². The number of nitrogens with zero attached hydrogens (tertiary/aromatic N) is 1. The molecule has 1 aromatic heterocycles. The predicted molar refractivity (Wildman–Crippen MR) is 94.6 cm³/mol. The Morgan fingerprint density at radius 2 is 1.72 bits per heavy atom. The molecular formula is C18H20N4O3. The number of hydrogen-bond acceptors (Lipinski definition) is 4. The van der Waals surface area contributed by atoms with E-state index >= 15 is 0 Å². The Bertz CT molecular complexity index is 713. The zero-order valence-corrected chi connectivity index (χ0v) is 13.7. The first-order chi connectivity index (χ1) is 12.2. The summed E-state index contributed by atoms with van der Waals surface area (Å²) in [5.41, 5.74) is 1.82. The van der Waals surface area contributed by atoms with Gasteiger partial charge >= 0.3 is 6.03 Å².